The van der Waals surface area contributed by atoms with E-state index in [9.17, 15) is 4.79 Å². The van der Waals surface area contributed by atoms with Crippen LogP contribution in [0.5, 0.6) is 0 Å². The van der Waals surface area contributed by atoms with E-state index in [1.807, 2.05) is 18.7 Å². The van der Waals surface area contributed by atoms with Crippen molar-refractivity contribution >= 4 is 28.6 Å². The van der Waals surface area contributed by atoms with Crippen LogP contribution < -0.4 is 0 Å². The molecule has 1 aliphatic rings. The fraction of sp³-hybridized carbons (Fsp3) is 0.529. The molecule has 0 radical (unpaired) electrons. The van der Waals surface area contributed by atoms with Gasteiger partial charge in [-0.2, -0.15) is 11.3 Å². The molecule has 4 nitrogen and oxygen atoms in total. The van der Waals surface area contributed by atoms with Gasteiger partial charge >= 0.3 is 0 Å². The highest BCUT2D eigenvalue weighted by molar-refractivity contribution is 7.11. The van der Waals surface area contributed by atoms with Crippen molar-refractivity contribution in [1.29, 1.82) is 0 Å². The van der Waals surface area contributed by atoms with E-state index in [-0.39, 0.29) is 12.0 Å². The Morgan fingerprint density at radius 3 is 2.96 bits per heavy atom. The number of ether oxygens (including phenoxy) is 1. The van der Waals surface area contributed by atoms with Crippen LogP contribution in [0.4, 0.5) is 0 Å². The zero-order valence-electron chi connectivity index (χ0n) is 13.6. The Bertz CT molecular complexity index is 646. The summed E-state index contributed by atoms with van der Waals surface area (Å²) in [6.07, 6.45) is 2.76. The molecule has 2 aromatic heterocycles. The number of thiazole rings is 1. The topological polar surface area (TPSA) is 42.4 Å². The molecule has 1 saturated heterocycles. The van der Waals surface area contributed by atoms with Gasteiger partial charge in [-0.25, -0.2) is 4.98 Å². The largest absolute Gasteiger partial charge is 0.376 e. The molecule has 1 aliphatic heterocycles. The van der Waals surface area contributed by atoms with Crippen molar-refractivity contribution in [2.45, 2.75) is 45.8 Å². The van der Waals surface area contributed by atoms with Crippen molar-refractivity contribution in [2.75, 3.05) is 13.2 Å². The van der Waals surface area contributed by atoms with Gasteiger partial charge in [0.1, 0.15) is 0 Å². The zero-order valence-corrected chi connectivity index (χ0v) is 15.2. The maximum atomic E-state index is 12.8. The molecule has 0 bridgehead atoms. The van der Waals surface area contributed by atoms with Crippen molar-refractivity contribution in [1.82, 2.24) is 9.88 Å². The van der Waals surface area contributed by atoms with E-state index >= 15 is 0 Å². The molecular formula is C17H22N2O2S2. The molecule has 3 heterocycles. The molecule has 124 valence electrons. The molecule has 2 aromatic rings. The maximum absolute atomic E-state index is 12.8. The Labute approximate surface area is 145 Å². The van der Waals surface area contributed by atoms with Gasteiger partial charge in [-0.15, -0.1) is 11.3 Å². The third-order valence-corrected chi connectivity index (χ3v) is 5.87. The molecule has 1 fully saturated rings. The molecule has 0 unspecified atom stereocenters. The van der Waals surface area contributed by atoms with Crippen molar-refractivity contribution < 1.29 is 9.53 Å². The molecule has 1 atom stereocenters. The molecule has 3 rings (SSSR count). The lowest BCUT2D eigenvalue weighted by Gasteiger charge is -2.25. The van der Waals surface area contributed by atoms with Gasteiger partial charge in [0.05, 0.1) is 23.2 Å². The van der Waals surface area contributed by atoms with E-state index in [4.69, 9.17) is 4.74 Å². The number of carbonyl (C=O) groups is 1. The number of nitrogens with zero attached hydrogens (tertiary/aromatic N) is 2. The summed E-state index contributed by atoms with van der Waals surface area (Å²) in [5, 5.41) is 5.19. The number of hydrogen-bond donors (Lipinski definition) is 0. The number of hydrogen-bond acceptors (Lipinski definition) is 5. The van der Waals surface area contributed by atoms with Gasteiger partial charge in [0.15, 0.2) is 0 Å². The third-order valence-electron chi connectivity index (χ3n) is 4.07. The van der Waals surface area contributed by atoms with E-state index in [1.54, 1.807) is 22.7 Å². The van der Waals surface area contributed by atoms with Crippen molar-refractivity contribution in [3.8, 4) is 0 Å². The second kappa shape index (κ2) is 7.55. The zero-order chi connectivity index (χ0) is 16.2. The lowest BCUT2D eigenvalue weighted by atomic mass is 10.2. The predicted molar refractivity (Wildman–Crippen MR) is 94.0 cm³/mol. The number of rotatable bonds is 6. The first-order valence-electron chi connectivity index (χ1n) is 7.95. The minimum Gasteiger partial charge on any atom is -0.376 e. The van der Waals surface area contributed by atoms with Gasteiger partial charge in [0, 0.05) is 24.6 Å². The van der Waals surface area contributed by atoms with Crippen LogP contribution in [-0.4, -0.2) is 35.0 Å². The number of thiophene rings is 1. The van der Waals surface area contributed by atoms with E-state index < -0.39 is 0 Å². The van der Waals surface area contributed by atoms with Crippen molar-refractivity contribution in [2.24, 2.45) is 0 Å². The van der Waals surface area contributed by atoms with Crippen molar-refractivity contribution in [3.63, 3.8) is 0 Å². The van der Waals surface area contributed by atoms with Gasteiger partial charge in [-0.05, 0) is 49.1 Å². The highest BCUT2D eigenvalue weighted by atomic mass is 32.1. The normalized spacial score (nSPS) is 17.6. The van der Waals surface area contributed by atoms with Crippen LogP contribution in [-0.2, 0) is 22.5 Å². The quantitative estimate of drug-likeness (QED) is 0.800. The minimum atomic E-state index is 0.165. The van der Waals surface area contributed by atoms with Crippen LogP contribution in [0.2, 0.25) is 0 Å². The highest BCUT2D eigenvalue weighted by Crippen LogP contribution is 2.21. The molecule has 0 N–H and O–H groups in total. The summed E-state index contributed by atoms with van der Waals surface area (Å²) in [4.78, 5) is 20.3. The smallest absolute Gasteiger partial charge is 0.228 e. The fourth-order valence-electron chi connectivity index (χ4n) is 2.88. The van der Waals surface area contributed by atoms with E-state index in [0.717, 1.165) is 35.0 Å². The van der Waals surface area contributed by atoms with Gasteiger partial charge < -0.3 is 9.64 Å². The molecule has 1 amide bonds. The molecule has 0 spiro atoms. The first-order chi connectivity index (χ1) is 11.1. The Balaban J connectivity index is 1.70. The maximum Gasteiger partial charge on any atom is 0.228 e. The summed E-state index contributed by atoms with van der Waals surface area (Å²) in [6.45, 7) is 6.14. The van der Waals surface area contributed by atoms with Crippen molar-refractivity contribution in [3.05, 3.63) is 38.0 Å². The monoisotopic (exact) mass is 350 g/mol. The van der Waals surface area contributed by atoms with Crippen LogP contribution in [0.3, 0.4) is 0 Å². The Hall–Kier alpha value is -1.24. The first kappa shape index (κ1) is 16.6. The second-order valence-electron chi connectivity index (χ2n) is 5.96. The number of amides is 1. The standard InChI is InChI=1S/C17H22N2O2S2/c1-12-16(23-13(2)18-12)8-17(20)19(9-14-5-7-22-11-14)10-15-4-3-6-21-15/h5,7,11,15H,3-4,6,8-10H2,1-2H3/t15-/m0/s1. The summed E-state index contributed by atoms with van der Waals surface area (Å²) in [6, 6.07) is 2.09. The Kier molecular flexibility index (Phi) is 5.46. The average Bonchev–Trinajstić information content (AvgIpc) is 3.23. The lowest BCUT2D eigenvalue weighted by molar-refractivity contribution is -0.132. The Morgan fingerprint density at radius 2 is 2.35 bits per heavy atom. The van der Waals surface area contributed by atoms with E-state index in [2.05, 4.69) is 21.8 Å². The SMILES string of the molecule is Cc1nc(C)c(CC(=O)N(Cc2ccsc2)C[C@@H]2CCCO2)s1. The summed E-state index contributed by atoms with van der Waals surface area (Å²) < 4.78 is 5.73. The van der Waals surface area contributed by atoms with Crippen LogP contribution in [0.15, 0.2) is 16.8 Å². The average molecular weight is 351 g/mol. The summed E-state index contributed by atoms with van der Waals surface area (Å²) in [5.74, 6) is 0.165. The van der Waals surface area contributed by atoms with Crippen LogP contribution in [0.25, 0.3) is 0 Å². The predicted octanol–water partition coefficient (Wildman–Crippen LogP) is 3.57. The lowest BCUT2D eigenvalue weighted by Crippen LogP contribution is -2.37. The molecule has 0 saturated carbocycles. The van der Waals surface area contributed by atoms with Crippen LogP contribution in [0.1, 0.15) is 34.0 Å². The summed E-state index contributed by atoms with van der Waals surface area (Å²) in [7, 11) is 0. The van der Waals surface area contributed by atoms with Gasteiger partial charge in [-0.1, -0.05) is 0 Å². The molecule has 6 heteroatoms. The molecular weight excluding hydrogens is 328 g/mol. The third kappa shape index (κ3) is 4.40. The van der Waals surface area contributed by atoms with Gasteiger partial charge in [-0.3, -0.25) is 4.79 Å². The fourth-order valence-corrected chi connectivity index (χ4v) is 4.47. The Morgan fingerprint density at radius 1 is 1.48 bits per heavy atom. The molecule has 0 aliphatic carbocycles. The highest BCUT2D eigenvalue weighted by Gasteiger charge is 2.24. The molecule has 0 aromatic carbocycles. The second-order valence-corrected chi connectivity index (χ2v) is 8.03. The minimum absolute atomic E-state index is 0.165. The summed E-state index contributed by atoms with van der Waals surface area (Å²) in [5.41, 5.74) is 2.17. The van der Waals surface area contributed by atoms with Gasteiger partial charge in [0.2, 0.25) is 5.91 Å². The summed E-state index contributed by atoms with van der Waals surface area (Å²) >= 11 is 3.29. The number of carbonyl (C=O) groups excluding carboxylic acids is 1. The number of aryl methyl sites for hydroxylation is 2. The van der Waals surface area contributed by atoms with Crippen LogP contribution >= 0.6 is 22.7 Å². The van der Waals surface area contributed by atoms with E-state index in [0.29, 0.717) is 19.5 Å². The number of aromatic nitrogens is 1. The first-order valence-corrected chi connectivity index (χ1v) is 9.71. The van der Waals surface area contributed by atoms with Gasteiger partial charge in [0.25, 0.3) is 0 Å². The van der Waals surface area contributed by atoms with E-state index in [1.165, 1.54) is 5.56 Å². The molecule has 23 heavy (non-hydrogen) atoms. The van der Waals surface area contributed by atoms with Crippen LogP contribution in [0, 0.1) is 13.8 Å².